The number of hydrogen-bond donors (Lipinski definition) is 1. The number of thioether (sulfide) groups is 1. The van der Waals surface area contributed by atoms with Crippen molar-refractivity contribution in [1.82, 2.24) is 4.72 Å². The molecule has 0 aliphatic carbocycles. The van der Waals surface area contributed by atoms with Gasteiger partial charge in [-0.2, -0.15) is 0 Å². The Labute approximate surface area is 289 Å². The van der Waals surface area contributed by atoms with Gasteiger partial charge in [-0.25, -0.2) is 14.4 Å². The smallest absolute Gasteiger partial charge is 0.338 e. The molecule has 11 heteroatoms. The quantitative estimate of drug-likeness (QED) is 0.128. The lowest BCUT2D eigenvalue weighted by Crippen LogP contribution is -2.67. The van der Waals surface area contributed by atoms with Gasteiger partial charge in [-0.1, -0.05) is 73.7 Å². The SMILES string of the molecule is C[C@@H]1/C=C\CCSC2OC(C(OC(=O)c3ccccc3)C(OC(=O)c3ccccc3)C2OC(=O)c2ccccc2)[C@@H]1N[S@+]([O-])C(C)(C)C. The van der Waals surface area contributed by atoms with Gasteiger partial charge in [-0.3, -0.25) is 0 Å². The molecule has 2 aliphatic rings. The minimum Gasteiger partial charge on any atom is -0.598 e. The summed E-state index contributed by atoms with van der Waals surface area (Å²) in [7, 11) is 0. The number of allylic oxidation sites excluding steroid dienone is 1. The first-order chi connectivity index (χ1) is 23.0. The second kappa shape index (κ2) is 16.2. The molecular formula is C37H41NO8S2. The van der Waals surface area contributed by atoms with Gasteiger partial charge in [0.25, 0.3) is 0 Å². The first kappa shape index (κ1) is 35.7. The van der Waals surface area contributed by atoms with Crippen LogP contribution in [0, 0.1) is 5.92 Å². The number of fused-ring (bicyclic) bond motifs is 2. The summed E-state index contributed by atoms with van der Waals surface area (Å²) in [5.41, 5.74) is 0.0172. The Morgan fingerprint density at radius 2 is 1.23 bits per heavy atom. The van der Waals surface area contributed by atoms with E-state index in [-0.39, 0.29) is 17.0 Å². The van der Waals surface area contributed by atoms with E-state index < -0.39 is 69.9 Å². The van der Waals surface area contributed by atoms with Crippen LogP contribution in [0.25, 0.3) is 0 Å². The van der Waals surface area contributed by atoms with Crippen molar-refractivity contribution in [2.75, 3.05) is 5.75 Å². The van der Waals surface area contributed by atoms with Gasteiger partial charge in [0.1, 0.15) is 16.3 Å². The molecule has 2 bridgehead atoms. The van der Waals surface area contributed by atoms with Gasteiger partial charge in [-0.05, 0) is 75.3 Å². The molecule has 2 aliphatic heterocycles. The molecule has 1 N–H and O–H groups in total. The zero-order valence-corrected chi connectivity index (χ0v) is 29.0. The number of benzene rings is 3. The van der Waals surface area contributed by atoms with Gasteiger partial charge < -0.3 is 23.5 Å². The molecule has 9 nitrogen and oxygen atoms in total. The van der Waals surface area contributed by atoms with Crippen LogP contribution in [-0.4, -0.2) is 68.9 Å². The van der Waals surface area contributed by atoms with Crippen LogP contribution >= 0.6 is 11.8 Å². The topological polar surface area (TPSA) is 123 Å². The maximum absolute atomic E-state index is 13.7. The molecular weight excluding hydrogens is 651 g/mol. The normalized spacial score (nSPS) is 27.1. The van der Waals surface area contributed by atoms with Gasteiger partial charge in [-0.15, -0.1) is 16.5 Å². The van der Waals surface area contributed by atoms with Gasteiger partial charge in [0.05, 0.1) is 22.7 Å². The summed E-state index contributed by atoms with van der Waals surface area (Å²) < 4.78 is 41.6. The number of carbonyl (C=O) groups excluding carboxylic acids is 3. The lowest BCUT2D eigenvalue weighted by molar-refractivity contribution is -0.207. The molecule has 0 radical (unpaired) electrons. The third-order valence-electron chi connectivity index (χ3n) is 8.01. The molecule has 0 saturated carbocycles. The van der Waals surface area contributed by atoms with Gasteiger partial charge in [0.2, 0.25) is 0 Å². The van der Waals surface area contributed by atoms with Crippen molar-refractivity contribution in [2.24, 2.45) is 5.92 Å². The molecule has 2 heterocycles. The lowest BCUT2D eigenvalue weighted by atomic mass is 9.87. The van der Waals surface area contributed by atoms with Crippen LogP contribution in [0.15, 0.2) is 103 Å². The monoisotopic (exact) mass is 691 g/mol. The van der Waals surface area contributed by atoms with E-state index in [0.717, 1.165) is 0 Å². The van der Waals surface area contributed by atoms with Crippen molar-refractivity contribution < 1.29 is 37.9 Å². The highest BCUT2D eigenvalue weighted by molar-refractivity contribution is 7.99. The number of esters is 3. The minimum atomic E-state index is -1.55. The maximum Gasteiger partial charge on any atom is 0.338 e. The van der Waals surface area contributed by atoms with E-state index in [1.165, 1.54) is 11.8 Å². The molecule has 5 rings (SSSR count). The molecule has 5 unspecified atom stereocenters. The zero-order valence-electron chi connectivity index (χ0n) is 27.4. The molecule has 8 atom stereocenters. The molecule has 1 fully saturated rings. The van der Waals surface area contributed by atoms with Gasteiger partial charge >= 0.3 is 17.9 Å². The van der Waals surface area contributed by atoms with Gasteiger partial charge in [0.15, 0.2) is 18.3 Å². The average Bonchev–Trinajstić information content (AvgIpc) is 3.09. The van der Waals surface area contributed by atoms with Gasteiger partial charge in [0, 0.05) is 11.4 Å². The third-order valence-corrected chi connectivity index (χ3v) is 10.8. The van der Waals surface area contributed by atoms with E-state index in [4.69, 9.17) is 18.9 Å². The molecule has 3 aromatic carbocycles. The Morgan fingerprint density at radius 1 is 0.771 bits per heavy atom. The summed E-state index contributed by atoms with van der Waals surface area (Å²) in [6, 6.07) is 24.7. The van der Waals surface area contributed by atoms with Crippen LogP contribution in [0.5, 0.6) is 0 Å². The van der Waals surface area contributed by atoms with Crippen LogP contribution < -0.4 is 4.72 Å². The fourth-order valence-corrected chi connectivity index (χ4v) is 7.47. The standard InChI is InChI=1S/C37H41NO8S2/c1-24-16-14-15-23-47-36-32(45-35(41)27-21-12-7-13-22-27)31(44-34(40)26-19-10-6-11-20-26)30(43-33(39)25-17-8-5-9-18-25)29(46-36)28(24)38-48(42)37(2,3)4/h5-14,16-22,24,28-32,36,38H,15,23H2,1-4H3/b16-14-/t24-,28-,29?,30?,31?,32?,36?,48-/m1/s1. The minimum absolute atomic E-state index is 0.253. The Kier molecular flexibility index (Phi) is 12.0. The molecule has 254 valence electrons. The van der Waals surface area contributed by atoms with Crippen molar-refractivity contribution in [3.8, 4) is 0 Å². The molecule has 0 amide bonds. The summed E-state index contributed by atoms with van der Waals surface area (Å²) in [5, 5.41) is 0. The van der Waals surface area contributed by atoms with Crippen LogP contribution in [-0.2, 0) is 30.3 Å². The molecule has 0 spiro atoms. The Hall–Kier alpha value is -3.61. The predicted octanol–water partition coefficient (Wildman–Crippen LogP) is 6.14. The van der Waals surface area contributed by atoms with Crippen molar-refractivity contribution in [3.63, 3.8) is 0 Å². The number of nitrogens with one attached hydrogen (secondary N) is 1. The maximum atomic E-state index is 13.7. The van der Waals surface area contributed by atoms with E-state index in [2.05, 4.69) is 10.8 Å². The van der Waals surface area contributed by atoms with E-state index in [1.54, 1.807) is 91.0 Å². The molecule has 3 aromatic rings. The summed E-state index contributed by atoms with van der Waals surface area (Å²) in [6.07, 6.45) is 0.0418. The highest BCUT2D eigenvalue weighted by atomic mass is 32.2. The first-order valence-electron chi connectivity index (χ1n) is 15.9. The second-order valence-electron chi connectivity index (χ2n) is 12.6. The van der Waals surface area contributed by atoms with Crippen LogP contribution in [0.2, 0.25) is 0 Å². The fourth-order valence-electron chi connectivity index (χ4n) is 5.41. The number of ether oxygens (including phenoxy) is 4. The Bertz CT molecular complexity index is 1550. The summed E-state index contributed by atoms with van der Waals surface area (Å²) >= 11 is -0.145. The van der Waals surface area contributed by atoms with Crippen molar-refractivity contribution in [2.45, 2.75) is 74.8 Å². The van der Waals surface area contributed by atoms with Crippen LogP contribution in [0.4, 0.5) is 0 Å². The molecule has 0 aromatic heterocycles. The first-order valence-corrected chi connectivity index (χ1v) is 18.1. The summed E-state index contributed by atoms with van der Waals surface area (Å²) in [5.74, 6) is -1.66. The number of carbonyl (C=O) groups is 3. The molecule has 1 saturated heterocycles. The van der Waals surface area contributed by atoms with Crippen molar-refractivity contribution >= 4 is 41.0 Å². The van der Waals surface area contributed by atoms with Crippen LogP contribution in [0.3, 0.4) is 0 Å². The average molecular weight is 692 g/mol. The van der Waals surface area contributed by atoms with E-state index in [1.807, 2.05) is 33.8 Å². The molecule has 48 heavy (non-hydrogen) atoms. The predicted molar refractivity (Wildman–Crippen MR) is 186 cm³/mol. The van der Waals surface area contributed by atoms with E-state index >= 15 is 0 Å². The largest absolute Gasteiger partial charge is 0.598 e. The second-order valence-corrected chi connectivity index (χ2v) is 15.9. The highest BCUT2D eigenvalue weighted by Crippen LogP contribution is 2.39. The zero-order chi connectivity index (χ0) is 34.3. The Balaban J connectivity index is 1.63. The number of rotatable bonds is 8. The Morgan fingerprint density at radius 3 is 1.71 bits per heavy atom. The fraction of sp³-hybridized carbons (Fsp3) is 0.378. The summed E-state index contributed by atoms with van der Waals surface area (Å²) in [4.78, 5) is 41.1. The third kappa shape index (κ3) is 8.89. The van der Waals surface area contributed by atoms with E-state index in [9.17, 15) is 18.9 Å². The highest BCUT2D eigenvalue weighted by Gasteiger charge is 2.56. The van der Waals surface area contributed by atoms with Crippen LogP contribution in [0.1, 0.15) is 65.2 Å². The summed E-state index contributed by atoms with van der Waals surface area (Å²) in [6.45, 7) is 7.53. The lowest BCUT2D eigenvalue weighted by Gasteiger charge is -2.48. The van der Waals surface area contributed by atoms with Crippen molar-refractivity contribution in [1.29, 1.82) is 0 Å². The van der Waals surface area contributed by atoms with E-state index in [0.29, 0.717) is 17.7 Å². The number of hydrogen-bond acceptors (Lipinski definition) is 10. The van der Waals surface area contributed by atoms with Crippen molar-refractivity contribution in [3.05, 3.63) is 120 Å².